The van der Waals surface area contributed by atoms with E-state index in [0.29, 0.717) is 5.02 Å². The second kappa shape index (κ2) is 5.61. The van der Waals surface area contributed by atoms with Gasteiger partial charge in [-0.3, -0.25) is 0 Å². The van der Waals surface area contributed by atoms with E-state index in [-0.39, 0.29) is 6.42 Å². The molecule has 0 saturated heterocycles. The van der Waals surface area contributed by atoms with Gasteiger partial charge >= 0.3 is 0 Å². The maximum atomic E-state index is 10.2. The van der Waals surface area contributed by atoms with Crippen molar-refractivity contribution in [3.8, 4) is 11.8 Å². The highest BCUT2D eigenvalue weighted by atomic mass is 35.5. The lowest BCUT2D eigenvalue weighted by Gasteiger charge is -2.15. The molecule has 1 unspecified atom stereocenters. The van der Waals surface area contributed by atoms with Gasteiger partial charge in [-0.05, 0) is 30.3 Å². The molecular formula is C17H13ClN2O. The van der Waals surface area contributed by atoms with E-state index in [4.69, 9.17) is 16.9 Å². The molecule has 1 N–H and O–H groups in total. The minimum atomic E-state index is -0.795. The first-order valence-electron chi connectivity index (χ1n) is 6.61. The molecule has 4 heteroatoms. The highest BCUT2D eigenvalue weighted by Crippen LogP contribution is 2.28. The molecule has 0 saturated carbocycles. The van der Waals surface area contributed by atoms with Crippen molar-refractivity contribution in [2.24, 2.45) is 0 Å². The number of para-hydroxylation sites is 1. The highest BCUT2D eigenvalue weighted by Gasteiger charge is 2.14. The Kier molecular flexibility index (Phi) is 3.66. The second-order valence-corrected chi connectivity index (χ2v) is 5.26. The monoisotopic (exact) mass is 296 g/mol. The van der Waals surface area contributed by atoms with Crippen LogP contribution in [-0.2, 0) is 0 Å². The van der Waals surface area contributed by atoms with E-state index in [2.05, 4.69) is 0 Å². The van der Waals surface area contributed by atoms with E-state index in [1.807, 2.05) is 65.4 Å². The zero-order valence-corrected chi connectivity index (χ0v) is 12.0. The van der Waals surface area contributed by atoms with Crippen LogP contribution in [0.5, 0.6) is 0 Å². The van der Waals surface area contributed by atoms with Gasteiger partial charge in [0.1, 0.15) is 0 Å². The van der Waals surface area contributed by atoms with E-state index < -0.39 is 6.10 Å². The van der Waals surface area contributed by atoms with Crippen molar-refractivity contribution in [2.45, 2.75) is 12.5 Å². The highest BCUT2D eigenvalue weighted by molar-refractivity contribution is 6.31. The Labute approximate surface area is 127 Å². The number of benzene rings is 2. The van der Waals surface area contributed by atoms with E-state index in [9.17, 15) is 5.11 Å². The second-order valence-electron chi connectivity index (χ2n) is 4.83. The van der Waals surface area contributed by atoms with Crippen LogP contribution in [0.3, 0.4) is 0 Å². The van der Waals surface area contributed by atoms with Crippen LogP contribution in [-0.4, -0.2) is 9.67 Å². The molecular weight excluding hydrogens is 284 g/mol. The van der Waals surface area contributed by atoms with Crippen molar-refractivity contribution in [1.82, 2.24) is 4.57 Å². The van der Waals surface area contributed by atoms with Crippen LogP contribution in [0.25, 0.3) is 16.6 Å². The van der Waals surface area contributed by atoms with E-state index in [0.717, 1.165) is 22.2 Å². The molecule has 0 radical (unpaired) electrons. The zero-order valence-electron chi connectivity index (χ0n) is 11.2. The van der Waals surface area contributed by atoms with Crippen LogP contribution in [0.1, 0.15) is 18.1 Å². The molecule has 0 amide bonds. The topological polar surface area (TPSA) is 48.9 Å². The molecule has 0 aliphatic rings. The summed E-state index contributed by atoms with van der Waals surface area (Å²) in [5, 5.41) is 20.7. The summed E-state index contributed by atoms with van der Waals surface area (Å²) in [6.07, 6.45) is 1.22. The molecule has 0 bridgehead atoms. The number of aliphatic hydroxyl groups is 1. The number of nitriles is 1. The van der Waals surface area contributed by atoms with Crippen LogP contribution in [0.15, 0.2) is 54.7 Å². The molecule has 0 aliphatic heterocycles. The van der Waals surface area contributed by atoms with Crippen LogP contribution >= 0.6 is 11.6 Å². The molecule has 0 fully saturated rings. The van der Waals surface area contributed by atoms with Crippen LogP contribution in [0.4, 0.5) is 0 Å². The largest absolute Gasteiger partial charge is 0.387 e. The Bertz CT molecular complexity index is 832. The van der Waals surface area contributed by atoms with Crippen LogP contribution in [0.2, 0.25) is 5.02 Å². The zero-order chi connectivity index (χ0) is 14.8. The first-order chi connectivity index (χ1) is 10.2. The van der Waals surface area contributed by atoms with Gasteiger partial charge in [0.05, 0.1) is 29.8 Å². The minimum Gasteiger partial charge on any atom is -0.387 e. The molecule has 1 atom stereocenters. The van der Waals surface area contributed by atoms with Gasteiger partial charge in [-0.15, -0.1) is 0 Å². The minimum absolute atomic E-state index is 0.0715. The number of aliphatic hydroxyl groups excluding tert-OH is 1. The van der Waals surface area contributed by atoms with Gasteiger partial charge in [-0.1, -0.05) is 29.8 Å². The van der Waals surface area contributed by atoms with Gasteiger partial charge in [0.2, 0.25) is 0 Å². The average Bonchev–Trinajstić information content (AvgIpc) is 2.90. The van der Waals surface area contributed by atoms with Crippen molar-refractivity contribution in [3.05, 3.63) is 65.3 Å². The summed E-state index contributed by atoms with van der Waals surface area (Å²) in [7, 11) is 0. The van der Waals surface area contributed by atoms with E-state index >= 15 is 0 Å². The lowest BCUT2D eigenvalue weighted by atomic mass is 10.0. The predicted molar refractivity (Wildman–Crippen MR) is 83.5 cm³/mol. The third-order valence-corrected chi connectivity index (χ3v) is 3.73. The molecule has 3 nitrogen and oxygen atoms in total. The van der Waals surface area contributed by atoms with Crippen LogP contribution < -0.4 is 0 Å². The Morgan fingerprint density at radius 1 is 1.19 bits per heavy atom. The lowest BCUT2D eigenvalue weighted by molar-refractivity contribution is 0.183. The smallest absolute Gasteiger partial charge is 0.0940 e. The third kappa shape index (κ3) is 2.52. The normalized spacial score (nSPS) is 12.2. The molecule has 2 aromatic carbocycles. The SMILES string of the molecule is N#CCC(O)c1ccccc1-n1ccc2cc(Cl)ccc21. The first kappa shape index (κ1) is 13.7. The number of rotatable bonds is 3. The van der Waals surface area contributed by atoms with E-state index in [1.165, 1.54) is 0 Å². The predicted octanol–water partition coefficient (Wildman–Crippen LogP) is 4.23. The molecule has 1 heterocycles. The molecule has 1 aromatic heterocycles. The number of fused-ring (bicyclic) bond motifs is 1. The van der Waals surface area contributed by atoms with Crippen molar-refractivity contribution >= 4 is 22.5 Å². The first-order valence-corrected chi connectivity index (χ1v) is 6.99. The maximum Gasteiger partial charge on any atom is 0.0940 e. The number of hydrogen-bond donors (Lipinski definition) is 1. The fraction of sp³-hybridized carbons (Fsp3) is 0.118. The summed E-state index contributed by atoms with van der Waals surface area (Å²) < 4.78 is 2.00. The van der Waals surface area contributed by atoms with Gasteiger partial charge in [0, 0.05) is 22.2 Å². The number of nitrogens with zero attached hydrogens (tertiary/aromatic N) is 2. The number of hydrogen-bond acceptors (Lipinski definition) is 2. The fourth-order valence-corrected chi connectivity index (χ4v) is 2.69. The summed E-state index contributed by atoms with van der Waals surface area (Å²) in [4.78, 5) is 0. The summed E-state index contributed by atoms with van der Waals surface area (Å²) in [5.74, 6) is 0. The summed E-state index contributed by atoms with van der Waals surface area (Å²) in [6.45, 7) is 0. The van der Waals surface area contributed by atoms with E-state index in [1.54, 1.807) is 0 Å². The Morgan fingerprint density at radius 2 is 2.00 bits per heavy atom. The number of halogens is 1. The van der Waals surface area contributed by atoms with Crippen molar-refractivity contribution in [2.75, 3.05) is 0 Å². The Balaban J connectivity index is 2.17. The molecule has 0 spiro atoms. The average molecular weight is 297 g/mol. The lowest BCUT2D eigenvalue weighted by Crippen LogP contribution is -2.03. The molecule has 21 heavy (non-hydrogen) atoms. The number of aromatic nitrogens is 1. The molecule has 3 aromatic rings. The summed E-state index contributed by atoms with van der Waals surface area (Å²) >= 11 is 6.01. The van der Waals surface area contributed by atoms with Crippen molar-refractivity contribution in [1.29, 1.82) is 5.26 Å². The van der Waals surface area contributed by atoms with Gasteiger partial charge < -0.3 is 9.67 Å². The summed E-state index contributed by atoms with van der Waals surface area (Å²) in [5.41, 5.74) is 2.63. The molecule has 0 aliphatic carbocycles. The molecule has 104 valence electrons. The fourth-order valence-electron chi connectivity index (χ4n) is 2.51. The third-order valence-electron chi connectivity index (χ3n) is 3.49. The Morgan fingerprint density at radius 3 is 2.81 bits per heavy atom. The van der Waals surface area contributed by atoms with Gasteiger partial charge in [0.25, 0.3) is 0 Å². The van der Waals surface area contributed by atoms with Gasteiger partial charge in [-0.25, -0.2) is 0 Å². The summed E-state index contributed by atoms with van der Waals surface area (Å²) in [6, 6.07) is 17.2. The van der Waals surface area contributed by atoms with Crippen molar-refractivity contribution in [3.63, 3.8) is 0 Å². The van der Waals surface area contributed by atoms with Gasteiger partial charge in [0.15, 0.2) is 0 Å². The standard InChI is InChI=1S/C17H13ClN2O/c18-13-5-6-15-12(11-13)8-10-20(15)16-4-2-1-3-14(16)17(21)7-9-19/h1-6,8,10-11,17,21H,7H2. The van der Waals surface area contributed by atoms with Crippen molar-refractivity contribution < 1.29 is 5.11 Å². The maximum absolute atomic E-state index is 10.2. The van der Waals surface area contributed by atoms with Gasteiger partial charge in [-0.2, -0.15) is 5.26 Å². The molecule has 3 rings (SSSR count). The Hall–Kier alpha value is -2.28. The van der Waals surface area contributed by atoms with Crippen LogP contribution in [0, 0.1) is 11.3 Å². The quantitative estimate of drug-likeness (QED) is 0.786.